The van der Waals surface area contributed by atoms with Gasteiger partial charge in [0.05, 0.1) is 18.6 Å². The van der Waals surface area contributed by atoms with Crippen molar-refractivity contribution in [3.05, 3.63) is 0 Å². The lowest BCUT2D eigenvalue weighted by Crippen LogP contribution is -2.42. The topological polar surface area (TPSA) is 60.9 Å². The summed E-state index contributed by atoms with van der Waals surface area (Å²) in [4.78, 5) is 27.3. The van der Waals surface area contributed by atoms with Gasteiger partial charge in [-0.15, -0.1) is 0 Å². The van der Waals surface area contributed by atoms with E-state index >= 15 is 0 Å². The molecule has 1 N–H and O–H groups in total. The van der Waals surface area contributed by atoms with E-state index in [1.807, 2.05) is 6.92 Å². The first kappa shape index (κ1) is 12.4. The molecule has 0 aliphatic carbocycles. The molecule has 1 unspecified atom stereocenters. The zero-order valence-corrected chi connectivity index (χ0v) is 10.3. The maximum atomic E-state index is 12.3. The molecule has 17 heavy (non-hydrogen) atoms. The molecule has 0 saturated carbocycles. The van der Waals surface area contributed by atoms with Crippen LogP contribution in [0.2, 0.25) is 0 Å². The number of aliphatic hydroxyl groups excluding tert-OH is 1. The Bertz CT molecular complexity index is 319. The third-order valence-corrected chi connectivity index (χ3v) is 3.82. The second-order valence-electron chi connectivity index (χ2n) is 4.84. The smallest absolute Gasteiger partial charge is 0.228 e. The van der Waals surface area contributed by atoms with Crippen LogP contribution >= 0.6 is 0 Å². The number of aliphatic hydroxyl groups is 1. The van der Waals surface area contributed by atoms with Crippen LogP contribution in [0.25, 0.3) is 0 Å². The minimum Gasteiger partial charge on any atom is -0.394 e. The molecular formula is C12H20N2O3. The van der Waals surface area contributed by atoms with Crippen molar-refractivity contribution in [2.45, 2.75) is 32.2 Å². The Morgan fingerprint density at radius 1 is 1.53 bits per heavy atom. The Morgan fingerprint density at radius 2 is 2.29 bits per heavy atom. The van der Waals surface area contributed by atoms with Gasteiger partial charge in [-0.25, -0.2) is 0 Å². The van der Waals surface area contributed by atoms with Gasteiger partial charge in [0, 0.05) is 26.1 Å². The maximum Gasteiger partial charge on any atom is 0.228 e. The van der Waals surface area contributed by atoms with Crippen LogP contribution in [0.4, 0.5) is 0 Å². The molecule has 2 saturated heterocycles. The molecule has 0 aromatic rings. The number of amides is 2. The van der Waals surface area contributed by atoms with E-state index in [9.17, 15) is 14.7 Å². The van der Waals surface area contributed by atoms with Crippen molar-refractivity contribution in [2.24, 2.45) is 5.92 Å². The van der Waals surface area contributed by atoms with Crippen LogP contribution in [0.15, 0.2) is 0 Å². The molecule has 0 bridgehead atoms. The molecule has 2 fully saturated rings. The average molecular weight is 240 g/mol. The van der Waals surface area contributed by atoms with E-state index in [1.54, 1.807) is 9.80 Å². The van der Waals surface area contributed by atoms with Gasteiger partial charge in [0.25, 0.3) is 0 Å². The Morgan fingerprint density at radius 3 is 2.88 bits per heavy atom. The molecule has 5 nitrogen and oxygen atoms in total. The summed E-state index contributed by atoms with van der Waals surface area (Å²) in [6.45, 7) is 3.90. The van der Waals surface area contributed by atoms with Crippen molar-refractivity contribution in [1.29, 1.82) is 0 Å². The minimum absolute atomic E-state index is 0.0316. The van der Waals surface area contributed by atoms with Crippen LogP contribution in [0.1, 0.15) is 26.2 Å². The highest BCUT2D eigenvalue weighted by Gasteiger charge is 2.38. The van der Waals surface area contributed by atoms with Crippen molar-refractivity contribution in [3.63, 3.8) is 0 Å². The number of nitrogens with zero attached hydrogens (tertiary/aromatic N) is 2. The number of rotatable bonds is 3. The van der Waals surface area contributed by atoms with Crippen molar-refractivity contribution in [2.75, 3.05) is 26.2 Å². The Kier molecular flexibility index (Phi) is 3.66. The maximum absolute atomic E-state index is 12.3. The number of hydrogen-bond acceptors (Lipinski definition) is 3. The molecule has 5 heteroatoms. The second-order valence-corrected chi connectivity index (χ2v) is 4.84. The third-order valence-electron chi connectivity index (χ3n) is 3.82. The zero-order chi connectivity index (χ0) is 12.4. The Balaban J connectivity index is 1.99. The molecule has 0 radical (unpaired) electrons. The highest BCUT2D eigenvalue weighted by Crippen LogP contribution is 2.24. The molecule has 0 aromatic carbocycles. The standard InChI is InChI=1S/C12H20N2O3/c1-2-13-7-9(6-11(13)16)12(17)14-5-3-4-10(14)8-15/h9-10,15H,2-8H2,1H3/t9?,10-/m1/s1. The molecule has 2 amide bonds. The molecule has 2 aliphatic heterocycles. The summed E-state index contributed by atoms with van der Waals surface area (Å²) in [7, 11) is 0. The van der Waals surface area contributed by atoms with E-state index in [1.165, 1.54) is 0 Å². The Hall–Kier alpha value is -1.10. The van der Waals surface area contributed by atoms with Gasteiger partial charge in [-0.05, 0) is 19.8 Å². The SMILES string of the molecule is CCN1CC(C(=O)N2CCC[C@@H]2CO)CC1=O. The summed E-state index contributed by atoms with van der Waals surface area (Å²) in [5, 5.41) is 9.21. The summed E-state index contributed by atoms with van der Waals surface area (Å²) in [6.07, 6.45) is 2.16. The van der Waals surface area contributed by atoms with Crippen LogP contribution in [0.5, 0.6) is 0 Å². The minimum atomic E-state index is -0.199. The van der Waals surface area contributed by atoms with Crippen LogP contribution in [0.3, 0.4) is 0 Å². The molecular weight excluding hydrogens is 220 g/mol. The highest BCUT2D eigenvalue weighted by atomic mass is 16.3. The molecule has 0 spiro atoms. The number of carbonyl (C=O) groups is 2. The van der Waals surface area contributed by atoms with E-state index in [4.69, 9.17) is 0 Å². The lowest BCUT2D eigenvalue weighted by atomic mass is 10.1. The van der Waals surface area contributed by atoms with Crippen molar-refractivity contribution < 1.29 is 14.7 Å². The monoisotopic (exact) mass is 240 g/mol. The van der Waals surface area contributed by atoms with Gasteiger partial charge in [0.1, 0.15) is 0 Å². The number of hydrogen-bond donors (Lipinski definition) is 1. The highest BCUT2D eigenvalue weighted by molar-refractivity contribution is 5.89. The summed E-state index contributed by atoms with van der Waals surface area (Å²) in [6, 6.07) is -0.0340. The Labute approximate surface area is 101 Å². The molecule has 2 aliphatic rings. The summed E-state index contributed by atoms with van der Waals surface area (Å²) in [5.74, 6) is -0.0777. The zero-order valence-electron chi connectivity index (χ0n) is 10.3. The fourth-order valence-corrected chi connectivity index (χ4v) is 2.79. The van der Waals surface area contributed by atoms with E-state index in [-0.39, 0.29) is 30.4 Å². The van der Waals surface area contributed by atoms with Crippen molar-refractivity contribution in [3.8, 4) is 0 Å². The summed E-state index contributed by atoms with van der Waals surface area (Å²) < 4.78 is 0. The molecule has 2 heterocycles. The predicted octanol–water partition coefficient (Wildman–Crippen LogP) is -0.162. The molecule has 0 aromatic heterocycles. The van der Waals surface area contributed by atoms with Crippen LogP contribution in [-0.2, 0) is 9.59 Å². The first-order chi connectivity index (χ1) is 8.17. The largest absolute Gasteiger partial charge is 0.394 e. The van der Waals surface area contributed by atoms with E-state index in [0.29, 0.717) is 19.5 Å². The first-order valence-corrected chi connectivity index (χ1v) is 6.36. The summed E-state index contributed by atoms with van der Waals surface area (Å²) >= 11 is 0. The van der Waals surface area contributed by atoms with Gasteiger partial charge in [0.2, 0.25) is 11.8 Å². The average Bonchev–Trinajstić information content (AvgIpc) is 2.93. The number of likely N-dealkylation sites (tertiary alicyclic amines) is 2. The van der Waals surface area contributed by atoms with Gasteiger partial charge < -0.3 is 14.9 Å². The molecule has 2 rings (SSSR count). The second kappa shape index (κ2) is 5.04. The first-order valence-electron chi connectivity index (χ1n) is 6.36. The van der Waals surface area contributed by atoms with Crippen molar-refractivity contribution >= 4 is 11.8 Å². The van der Waals surface area contributed by atoms with E-state index in [0.717, 1.165) is 19.4 Å². The van der Waals surface area contributed by atoms with Gasteiger partial charge in [-0.2, -0.15) is 0 Å². The fraction of sp³-hybridized carbons (Fsp3) is 0.833. The fourth-order valence-electron chi connectivity index (χ4n) is 2.79. The predicted molar refractivity (Wildman–Crippen MR) is 62.2 cm³/mol. The van der Waals surface area contributed by atoms with E-state index in [2.05, 4.69) is 0 Å². The number of carbonyl (C=O) groups excluding carboxylic acids is 2. The lowest BCUT2D eigenvalue weighted by molar-refractivity contribution is -0.137. The normalized spacial score (nSPS) is 29.2. The lowest BCUT2D eigenvalue weighted by Gasteiger charge is -2.25. The van der Waals surface area contributed by atoms with Crippen LogP contribution in [0, 0.1) is 5.92 Å². The van der Waals surface area contributed by atoms with Gasteiger partial charge >= 0.3 is 0 Å². The van der Waals surface area contributed by atoms with Crippen LogP contribution < -0.4 is 0 Å². The van der Waals surface area contributed by atoms with Gasteiger partial charge in [-0.1, -0.05) is 0 Å². The van der Waals surface area contributed by atoms with Gasteiger partial charge in [-0.3, -0.25) is 9.59 Å². The van der Waals surface area contributed by atoms with Gasteiger partial charge in [0.15, 0.2) is 0 Å². The van der Waals surface area contributed by atoms with E-state index < -0.39 is 0 Å². The van der Waals surface area contributed by atoms with Crippen LogP contribution in [-0.4, -0.2) is 59.0 Å². The van der Waals surface area contributed by atoms with Crippen molar-refractivity contribution in [1.82, 2.24) is 9.80 Å². The molecule has 96 valence electrons. The third kappa shape index (κ3) is 2.29. The molecule has 2 atom stereocenters. The summed E-state index contributed by atoms with van der Waals surface area (Å²) in [5.41, 5.74) is 0. The quantitative estimate of drug-likeness (QED) is 0.745.